The minimum absolute atomic E-state index is 0.110. The van der Waals surface area contributed by atoms with Crippen LogP contribution in [0.3, 0.4) is 0 Å². The van der Waals surface area contributed by atoms with Gasteiger partial charge in [-0.3, -0.25) is 9.00 Å². The fourth-order valence-electron chi connectivity index (χ4n) is 2.98. The van der Waals surface area contributed by atoms with Gasteiger partial charge in [0.2, 0.25) is 11.5 Å². The zero-order valence-electron chi connectivity index (χ0n) is 17.6. The Morgan fingerprint density at radius 2 is 1.67 bits per heavy atom. The molecule has 2 aromatic rings. The van der Waals surface area contributed by atoms with E-state index in [9.17, 15) is 40.5 Å². The van der Waals surface area contributed by atoms with Gasteiger partial charge in [-0.15, -0.1) is 0 Å². The summed E-state index contributed by atoms with van der Waals surface area (Å²) in [5.41, 5.74) is -4.39. The molecule has 0 bridgehead atoms. The fraction of sp³-hybridized carbons (Fsp3) is 0.381. The van der Waals surface area contributed by atoms with Crippen molar-refractivity contribution in [3.8, 4) is 0 Å². The molecule has 1 amide bonds. The number of hydrogen-bond acceptors (Lipinski definition) is 4. The standard InChI is InChI=1S/C21H22F6N2O3S/c1-13-8-17(7-6-14(13)10-28-18(30)11-33(2)32)29-12-19(31,21(25,26)27)15-4-3-5-16(9-15)20(22,23)24/h3-9,29,31H,10-12H2,1-2H3,(H,28,30)/t19-,33+/m0/s1. The lowest BCUT2D eigenvalue weighted by Crippen LogP contribution is -2.48. The number of aryl methyl sites for hydroxylation is 1. The lowest BCUT2D eigenvalue weighted by molar-refractivity contribution is -0.260. The Morgan fingerprint density at radius 1 is 1.03 bits per heavy atom. The molecule has 0 saturated heterocycles. The van der Waals surface area contributed by atoms with E-state index in [4.69, 9.17) is 0 Å². The number of rotatable bonds is 8. The smallest absolute Gasteiger partial charge is 0.381 e. The first-order valence-corrected chi connectivity index (χ1v) is 11.2. The minimum atomic E-state index is -5.26. The fourth-order valence-corrected chi connectivity index (χ4v) is 3.45. The molecule has 182 valence electrons. The third-order valence-corrected chi connectivity index (χ3v) is 5.51. The minimum Gasteiger partial charge on any atom is -0.381 e. The molecule has 0 spiro atoms. The number of carbonyl (C=O) groups is 1. The second-order valence-corrected chi connectivity index (χ2v) is 8.86. The molecule has 2 rings (SSSR count). The van der Waals surface area contributed by atoms with E-state index < -0.39 is 52.3 Å². The van der Waals surface area contributed by atoms with Crippen LogP contribution in [0, 0.1) is 6.92 Å². The van der Waals surface area contributed by atoms with Gasteiger partial charge in [0, 0.05) is 29.3 Å². The summed E-state index contributed by atoms with van der Waals surface area (Å²) in [5, 5.41) is 15.4. The zero-order valence-corrected chi connectivity index (χ0v) is 18.4. The predicted molar refractivity (Wildman–Crippen MR) is 112 cm³/mol. The monoisotopic (exact) mass is 496 g/mol. The molecule has 0 aliphatic rings. The maximum absolute atomic E-state index is 13.7. The Hall–Kier alpha value is -2.60. The van der Waals surface area contributed by atoms with E-state index in [1.165, 1.54) is 24.5 Å². The van der Waals surface area contributed by atoms with Crippen molar-refractivity contribution >= 4 is 22.4 Å². The number of nitrogens with one attached hydrogen (secondary N) is 2. The highest BCUT2D eigenvalue weighted by Crippen LogP contribution is 2.41. The Kier molecular flexibility index (Phi) is 8.18. The van der Waals surface area contributed by atoms with E-state index in [1.807, 2.05) is 0 Å². The van der Waals surface area contributed by atoms with Gasteiger partial charge in [-0.2, -0.15) is 26.3 Å². The number of halogens is 6. The lowest BCUT2D eigenvalue weighted by atomic mass is 9.91. The highest BCUT2D eigenvalue weighted by molar-refractivity contribution is 7.85. The van der Waals surface area contributed by atoms with E-state index in [-0.39, 0.29) is 24.1 Å². The molecule has 0 fully saturated rings. The summed E-state index contributed by atoms with van der Waals surface area (Å²) < 4.78 is 91.0. The van der Waals surface area contributed by atoms with Gasteiger partial charge in [0.1, 0.15) is 5.75 Å². The van der Waals surface area contributed by atoms with Crippen molar-refractivity contribution in [3.63, 3.8) is 0 Å². The normalized spacial score (nSPS) is 14.9. The number of hydrogen-bond donors (Lipinski definition) is 3. The van der Waals surface area contributed by atoms with Crippen LogP contribution in [0.4, 0.5) is 32.0 Å². The molecule has 0 aliphatic carbocycles. The summed E-state index contributed by atoms with van der Waals surface area (Å²) in [4.78, 5) is 11.6. The number of benzene rings is 2. The summed E-state index contributed by atoms with van der Waals surface area (Å²) >= 11 is 0. The first kappa shape index (κ1) is 26.7. The van der Waals surface area contributed by atoms with Crippen molar-refractivity contribution in [2.45, 2.75) is 31.4 Å². The van der Waals surface area contributed by atoms with Crippen molar-refractivity contribution < 1.29 is 40.5 Å². The van der Waals surface area contributed by atoms with Crippen LogP contribution >= 0.6 is 0 Å². The van der Waals surface area contributed by atoms with E-state index in [0.29, 0.717) is 17.2 Å². The van der Waals surface area contributed by atoms with Crippen molar-refractivity contribution in [1.29, 1.82) is 0 Å². The van der Waals surface area contributed by atoms with E-state index in [1.54, 1.807) is 6.92 Å². The number of alkyl halides is 6. The second-order valence-electron chi connectivity index (χ2n) is 7.43. The molecule has 5 nitrogen and oxygen atoms in total. The Bertz CT molecular complexity index is 1030. The van der Waals surface area contributed by atoms with Gasteiger partial charge in [0.05, 0.1) is 12.1 Å². The first-order valence-electron chi connectivity index (χ1n) is 9.50. The summed E-state index contributed by atoms with van der Waals surface area (Å²) in [6.45, 7) is 0.627. The van der Waals surface area contributed by atoms with Gasteiger partial charge < -0.3 is 15.7 Å². The molecular formula is C21H22F6N2O3S. The van der Waals surface area contributed by atoms with Crippen LogP contribution in [0.1, 0.15) is 22.3 Å². The third-order valence-electron chi connectivity index (χ3n) is 4.84. The molecular weight excluding hydrogens is 474 g/mol. The SMILES string of the molecule is Cc1cc(NC[C@](O)(c2cccc(C(F)(F)F)c2)C(F)(F)F)ccc1CNC(=O)C[S@@](C)=O. The molecule has 33 heavy (non-hydrogen) atoms. The molecule has 0 aromatic heterocycles. The first-order chi connectivity index (χ1) is 15.1. The summed E-state index contributed by atoms with van der Waals surface area (Å²) in [6, 6.07) is 6.90. The molecule has 0 heterocycles. The lowest BCUT2D eigenvalue weighted by Gasteiger charge is -2.32. The summed E-state index contributed by atoms with van der Waals surface area (Å²) in [5.74, 6) is -0.585. The zero-order chi connectivity index (χ0) is 25.0. The molecule has 0 aliphatic heterocycles. The van der Waals surface area contributed by atoms with E-state index >= 15 is 0 Å². The van der Waals surface area contributed by atoms with Gasteiger partial charge >= 0.3 is 12.4 Å². The molecule has 2 atom stereocenters. The van der Waals surface area contributed by atoms with Crippen LogP contribution in [-0.4, -0.2) is 40.0 Å². The summed E-state index contributed by atoms with van der Waals surface area (Å²) in [6.07, 6.45) is -8.75. The topological polar surface area (TPSA) is 78.4 Å². The Labute approximate surface area is 188 Å². The van der Waals surface area contributed by atoms with Crippen molar-refractivity contribution in [3.05, 3.63) is 64.7 Å². The summed E-state index contributed by atoms with van der Waals surface area (Å²) in [7, 11) is -1.30. The van der Waals surface area contributed by atoms with Crippen LogP contribution in [0.15, 0.2) is 42.5 Å². The van der Waals surface area contributed by atoms with Crippen LogP contribution < -0.4 is 10.6 Å². The number of aliphatic hydroxyl groups is 1. The molecule has 12 heteroatoms. The van der Waals surface area contributed by atoms with Gasteiger partial charge in [0.25, 0.3) is 0 Å². The maximum atomic E-state index is 13.7. The molecule has 3 N–H and O–H groups in total. The highest BCUT2D eigenvalue weighted by Gasteiger charge is 2.55. The largest absolute Gasteiger partial charge is 0.423 e. The average molecular weight is 496 g/mol. The van der Waals surface area contributed by atoms with Gasteiger partial charge in [-0.1, -0.05) is 18.2 Å². The molecule has 0 unspecified atom stereocenters. The number of anilines is 1. The predicted octanol–water partition coefficient (Wildman–Crippen LogP) is 3.87. The average Bonchev–Trinajstić information content (AvgIpc) is 2.69. The number of amides is 1. The third kappa shape index (κ3) is 6.94. The number of carbonyl (C=O) groups excluding carboxylic acids is 1. The Balaban J connectivity index is 2.20. The quantitative estimate of drug-likeness (QED) is 0.485. The van der Waals surface area contributed by atoms with E-state index in [0.717, 1.165) is 12.1 Å². The van der Waals surface area contributed by atoms with Crippen LogP contribution in [-0.2, 0) is 33.9 Å². The molecule has 0 saturated carbocycles. The van der Waals surface area contributed by atoms with Crippen molar-refractivity contribution in [2.75, 3.05) is 23.9 Å². The second kappa shape index (κ2) is 10.1. The van der Waals surface area contributed by atoms with Crippen LogP contribution in [0.25, 0.3) is 0 Å². The highest BCUT2D eigenvalue weighted by atomic mass is 32.2. The van der Waals surface area contributed by atoms with Gasteiger partial charge in [-0.05, 0) is 47.9 Å². The molecule has 2 aromatic carbocycles. The van der Waals surface area contributed by atoms with E-state index in [2.05, 4.69) is 10.6 Å². The molecule has 0 radical (unpaired) electrons. The van der Waals surface area contributed by atoms with Gasteiger partial charge in [-0.25, -0.2) is 0 Å². The van der Waals surface area contributed by atoms with Crippen molar-refractivity contribution in [1.82, 2.24) is 5.32 Å². The van der Waals surface area contributed by atoms with Crippen LogP contribution in [0.5, 0.6) is 0 Å². The van der Waals surface area contributed by atoms with Crippen LogP contribution in [0.2, 0.25) is 0 Å². The Morgan fingerprint density at radius 3 is 2.21 bits per heavy atom. The van der Waals surface area contributed by atoms with Gasteiger partial charge in [0.15, 0.2) is 0 Å². The maximum Gasteiger partial charge on any atom is 0.423 e. The van der Waals surface area contributed by atoms with Crippen molar-refractivity contribution in [2.24, 2.45) is 0 Å².